The summed E-state index contributed by atoms with van der Waals surface area (Å²) < 4.78 is 5.07. The second kappa shape index (κ2) is 8.62. The van der Waals surface area contributed by atoms with Crippen molar-refractivity contribution in [3.05, 3.63) is 35.4 Å². The van der Waals surface area contributed by atoms with E-state index in [2.05, 4.69) is 26.1 Å². The highest BCUT2D eigenvalue weighted by Gasteiger charge is 2.27. The molecule has 1 aliphatic heterocycles. The fraction of sp³-hybridized carbons (Fsp3) is 0.550. The van der Waals surface area contributed by atoms with Gasteiger partial charge in [0.15, 0.2) is 5.11 Å². The first-order valence-corrected chi connectivity index (χ1v) is 9.50. The molecule has 1 heterocycles. The van der Waals surface area contributed by atoms with Crippen molar-refractivity contribution in [3.8, 4) is 0 Å². The lowest BCUT2D eigenvalue weighted by Crippen LogP contribution is -2.47. The number of esters is 1. The molecule has 26 heavy (non-hydrogen) atoms. The topological polar surface area (TPSA) is 58.6 Å². The second-order valence-electron chi connectivity index (χ2n) is 7.60. The number of ether oxygens (including phenoxy) is 1. The molecule has 1 fully saturated rings. The van der Waals surface area contributed by atoms with E-state index in [9.17, 15) is 9.59 Å². The van der Waals surface area contributed by atoms with Crippen LogP contribution in [0.25, 0.3) is 0 Å². The number of hydrogen-bond donors (Lipinski definition) is 1. The highest BCUT2D eigenvalue weighted by Crippen LogP contribution is 2.22. The van der Waals surface area contributed by atoms with E-state index in [-0.39, 0.29) is 23.2 Å². The number of carbonyl (C=O) groups is 2. The highest BCUT2D eigenvalue weighted by atomic mass is 32.1. The van der Waals surface area contributed by atoms with Crippen LogP contribution in [0.2, 0.25) is 0 Å². The van der Waals surface area contributed by atoms with Crippen LogP contribution in [0.3, 0.4) is 0 Å². The third-order valence-electron chi connectivity index (χ3n) is 4.64. The number of nitrogens with one attached hydrogen (secondary N) is 1. The number of piperidine rings is 1. The maximum atomic E-state index is 12.4. The van der Waals surface area contributed by atoms with Crippen molar-refractivity contribution in [1.29, 1.82) is 0 Å². The molecule has 0 aromatic heterocycles. The van der Waals surface area contributed by atoms with E-state index < -0.39 is 0 Å². The van der Waals surface area contributed by atoms with E-state index in [1.807, 2.05) is 36.1 Å². The van der Waals surface area contributed by atoms with E-state index in [1.165, 1.54) is 5.56 Å². The smallest absolute Gasteiger partial charge is 0.309 e. The van der Waals surface area contributed by atoms with Gasteiger partial charge in [-0.05, 0) is 55.1 Å². The van der Waals surface area contributed by atoms with Crippen LogP contribution >= 0.6 is 12.2 Å². The summed E-state index contributed by atoms with van der Waals surface area (Å²) >= 11 is 5.37. The summed E-state index contributed by atoms with van der Waals surface area (Å²) in [6.07, 6.45) is 1.38. The molecule has 1 aromatic rings. The van der Waals surface area contributed by atoms with E-state index in [1.54, 1.807) is 0 Å². The van der Waals surface area contributed by atoms with Gasteiger partial charge in [0.25, 0.3) is 5.91 Å². The average Bonchev–Trinajstić information content (AvgIpc) is 2.61. The number of thiocarbonyl (C=S) groups is 1. The number of rotatable bonds is 3. The van der Waals surface area contributed by atoms with Crippen molar-refractivity contribution in [2.24, 2.45) is 5.92 Å². The molecular formula is C20H28N2O3S. The van der Waals surface area contributed by atoms with Gasteiger partial charge < -0.3 is 9.64 Å². The van der Waals surface area contributed by atoms with Crippen LogP contribution < -0.4 is 5.32 Å². The fourth-order valence-corrected chi connectivity index (χ4v) is 3.22. The minimum absolute atomic E-state index is 0.0492. The van der Waals surface area contributed by atoms with Gasteiger partial charge in [0.2, 0.25) is 0 Å². The molecule has 0 bridgehead atoms. The molecule has 1 N–H and O–H groups in total. The van der Waals surface area contributed by atoms with Gasteiger partial charge >= 0.3 is 5.97 Å². The lowest BCUT2D eigenvalue weighted by molar-refractivity contribution is -0.149. The number of hydrogen-bond acceptors (Lipinski definition) is 4. The number of nitrogens with zero attached hydrogens (tertiary/aromatic N) is 1. The van der Waals surface area contributed by atoms with Crippen molar-refractivity contribution in [1.82, 2.24) is 10.2 Å². The van der Waals surface area contributed by atoms with Gasteiger partial charge in [0, 0.05) is 18.7 Å². The van der Waals surface area contributed by atoms with E-state index >= 15 is 0 Å². The number of benzene rings is 1. The normalized spacial score (nSPS) is 15.5. The molecule has 1 aromatic carbocycles. The predicted octanol–water partition coefficient (Wildman–Crippen LogP) is 3.27. The summed E-state index contributed by atoms with van der Waals surface area (Å²) in [7, 11) is 0. The van der Waals surface area contributed by atoms with Crippen LogP contribution in [0.15, 0.2) is 24.3 Å². The number of likely N-dealkylation sites (tertiary alicyclic amines) is 1. The van der Waals surface area contributed by atoms with Crippen LogP contribution in [0.4, 0.5) is 0 Å². The molecule has 0 unspecified atom stereocenters. The first kappa shape index (κ1) is 20.4. The van der Waals surface area contributed by atoms with Crippen LogP contribution in [-0.4, -0.2) is 41.6 Å². The minimum Gasteiger partial charge on any atom is -0.466 e. The second-order valence-corrected chi connectivity index (χ2v) is 7.99. The lowest BCUT2D eigenvalue weighted by atomic mass is 9.87. The molecule has 0 spiro atoms. The van der Waals surface area contributed by atoms with Crippen LogP contribution in [0.5, 0.6) is 0 Å². The first-order chi connectivity index (χ1) is 12.2. The molecular weight excluding hydrogens is 348 g/mol. The van der Waals surface area contributed by atoms with Crippen LogP contribution in [0.1, 0.15) is 56.5 Å². The Morgan fingerprint density at radius 3 is 2.27 bits per heavy atom. The molecule has 142 valence electrons. The molecule has 1 aliphatic rings. The molecule has 0 radical (unpaired) electrons. The van der Waals surface area contributed by atoms with Crippen molar-refractivity contribution in [3.63, 3.8) is 0 Å². The Balaban J connectivity index is 1.88. The summed E-state index contributed by atoms with van der Waals surface area (Å²) in [6, 6.07) is 7.60. The lowest BCUT2D eigenvalue weighted by Gasteiger charge is -2.32. The SMILES string of the molecule is CCOC(=O)C1CCN(C(=S)NC(=O)c2ccc(C(C)(C)C)cc2)CC1. The Morgan fingerprint density at radius 2 is 1.77 bits per heavy atom. The minimum atomic E-state index is -0.206. The van der Waals surface area contributed by atoms with Crippen molar-refractivity contribution in [2.45, 2.75) is 46.0 Å². The maximum absolute atomic E-state index is 12.4. The van der Waals surface area contributed by atoms with Gasteiger partial charge in [0.1, 0.15) is 0 Å². The van der Waals surface area contributed by atoms with Crippen LogP contribution in [0, 0.1) is 5.92 Å². The first-order valence-electron chi connectivity index (χ1n) is 9.09. The van der Waals surface area contributed by atoms with Crippen LogP contribution in [-0.2, 0) is 14.9 Å². The highest BCUT2D eigenvalue weighted by molar-refractivity contribution is 7.80. The molecule has 2 rings (SSSR count). The summed E-state index contributed by atoms with van der Waals surface area (Å²) in [5.41, 5.74) is 1.81. The summed E-state index contributed by atoms with van der Waals surface area (Å²) in [5.74, 6) is -0.418. The van der Waals surface area contributed by atoms with E-state index in [4.69, 9.17) is 17.0 Å². The molecule has 0 saturated carbocycles. The van der Waals surface area contributed by atoms with Gasteiger partial charge in [-0.25, -0.2) is 0 Å². The largest absolute Gasteiger partial charge is 0.466 e. The van der Waals surface area contributed by atoms with Gasteiger partial charge in [-0.1, -0.05) is 32.9 Å². The standard InChI is InChI=1S/C20H28N2O3S/c1-5-25-18(24)15-10-12-22(13-11-15)19(26)21-17(23)14-6-8-16(9-7-14)20(2,3)4/h6-9,15H,5,10-13H2,1-4H3,(H,21,23,26). The molecule has 5 nitrogen and oxygen atoms in total. The number of amides is 1. The molecule has 6 heteroatoms. The fourth-order valence-electron chi connectivity index (χ4n) is 2.95. The zero-order valence-electron chi connectivity index (χ0n) is 16.0. The van der Waals surface area contributed by atoms with Gasteiger partial charge in [-0.3, -0.25) is 14.9 Å². The van der Waals surface area contributed by atoms with E-state index in [0.717, 1.165) is 0 Å². The average molecular weight is 377 g/mol. The Kier molecular flexibility index (Phi) is 6.75. The quantitative estimate of drug-likeness (QED) is 0.648. The van der Waals surface area contributed by atoms with E-state index in [0.29, 0.717) is 43.2 Å². The maximum Gasteiger partial charge on any atom is 0.309 e. The zero-order valence-corrected chi connectivity index (χ0v) is 16.8. The molecule has 1 amide bonds. The van der Waals surface area contributed by atoms with Gasteiger partial charge in [-0.15, -0.1) is 0 Å². The summed E-state index contributed by atoms with van der Waals surface area (Å²) in [4.78, 5) is 26.1. The summed E-state index contributed by atoms with van der Waals surface area (Å²) in [5, 5.41) is 3.21. The Hall–Kier alpha value is -1.95. The van der Waals surface area contributed by atoms with Crippen molar-refractivity contribution in [2.75, 3.05) is 19.7 Å². The Morgan fingerprint density at radius 1 is 1.19 bits per heavy atom. The molecule has 0 atom stereocenters. The van der Waals surface area contributed by atoms with Crippen molar-refractivity contribution >= 4 is 29.2 Å². The third kappa shape index (κ3) is 5.27. The van der Waals surface area contributed by atoms with Gasteiger partial charge in [-0.2, -0.15) is 0 Å². The Bertz CT molecular complexity index is 657. The van der Waals surface area contributed by atoms with Crippen molar-refractivity contribution < 1.29 is 14.3 Å². The Labute approximate surface area is 161 Å². The zero-order chi connectivity index (χ0) is 19.3. The molecule has 1 saturated heterocycles. The monoisotopic (exact) mass is 376 g/mol. The summed E-state index contributed by atoms with van der Waals surface area (Å²) in [6.45, 7) is 9.91. The van der Waals surface area contributed by atoms with Gasteiger partial charge in [0.05, 0.1) is 12.5 Å². The third-order valence-corrected chi connectivity index (χ3v) is 5.00. The predicted molar refractivity (Wildman–Crippen MR) is 106 cm³/mol. The molecule has 0 aliphatic carbocycles. The number of carbonyl (C=O) groups excluding carboxylic acids is 2.